The molecule has 0 unspecified atom stereocenters. The molecule has 0 aliphatic rings. The summed E-state index contributed by atoms with van der Waals surface area (Å²) in [4.78, 5) is 4.09. The van der Waals surface area contributed by atoms with Gasteiger partial charge in [-0.15, -0.1) is 0 Å². The molecule has 2 rings (SSSR count). The molecule has 0 aliphatic heterocycles. The SMILES string of the molecule is CCc1nn(CC)c(CSc2ncn[nH]2)c1Br. The van der Waals surface area contributed by atoms with Crippen LogP contribution in [0.4, 0.5) is 0 Å². The van der Waals surface area contributed by atoms with Gasteiger partial charge in [0, 0.05) is 12.3 Å². The number of rotatable bonds is 5. The van der Waals surface area contributed by atoms with Gasteiger partial charge in [0.1, 0.15) is 6.33 Å². The highest BCUT2D eigenvalue weighted by atomic mass is 79.9. The van der Waals surface area contributed by atoms with Crippen molar-refractivity contribution in [2.24, 2.45) is 0 Å². The fraction of sp³-hybridized carbons (Fsp3) is 0.500. The molecule has 0 amide bonds. The number of aryl methyl sites for hydroxylation is 2. The Morgan fingerprint density at radius 1 is 1.47 bits per heavy atom. The van der Waals surface area contributed by atoms with Crippen LogP contribution in [-0.2, 0) is 18.7 Å². The van der Waals surface area contributed by atoms with Crippen molar-refractivity contribution in [3.8, 4) is 0 Å². The van der Waals surface area contributed by atoms with Crippen LogP contribution in [0, 0.1) is 0 Å². The van der Waals surface area contributed by atoms with Gasteiger partial charge in [0.05, 0.1) is 15.9 Å². The molecule has 0 radical (unpaired) electrons. The monoisotopic (exact) mass is 315 g/mol. The van der Waals surface area contributed by atoms with Crippen molar-refractivity contribution in [2.45, 2.75) is 37.7 Å². The smallest absolute Gasteiger partial charge is 0.183 e. The predicted octanol–water partition coefficient (Wildman–Crippen LogP) is 2.64. The molecule has 92 valence electrons. The molecule has 0 saturated carbocycles. The Morgan fingerprint density at radius 2 is 2.29 bits per heavy atom. The Bertz CT molecular complexity index is 479. The first-order valence-corrected chi connectivity index (χ1v) is 7.26. The van der Waals surface area contributed by atoms with Gasteiger partial charge in [-0.05, 0) is 29.3 Å². The minimum Gasteiger partial charge on any atom is -0.268 e. The van der Waals surface area contributed by atoms with E-state index >= 15 is 0 Å². The summed E-state index contributed by atoms with van der Waals surface area (Å²) in [6.07, 6.45) is 2.46. The number of hydrogen-bond donors (Lipinski definition) is 1. The third-order valence-corrected chi connectivity index (χ3v) is 4.24. The Hall–Kier alpha value is -0.820. The van der Waals surface area contributed by atoms with Gasteiger partial charge in [-0.25, -0.2) is 4.98 Å². The standard InChI is InChI=1S/C10H14BrN5S/c1-3-7-9(11)8(16(4-2)15-7)5-17-10-12-6-13-14-10/h6H,3-5H2,1-2H3,(H,12,13,14). The van der Waals surface area contributed by atoms with Gasteiger partial charge in [-0.2, -0.15) is 10.2 Å². The second-order valence-electron chi connectivity index (χ2n) is 3.46. The minimum absolute atomic E-state index is 0.830. The number of H-pyrrole nitrogens is 1. The largest absolute Gasteiger partial charge is 0.268 e. The van der Waals surface area contributed by atoms with Crippen molar-refractivity contribution in [3.05, 3.63) is 22.2 Å². The molecule has 0 spiro atoms. The van der Waals surface area contributed by atoms with E-state index in [1.807, 2.05) is 4.68 Å². The van der Waals surface area contributed by atoms with Crippen molar-refractivity contribution in [1.82, 2.24) is 25.0 Å². The van der Waals surface area contributed by atoms with E-state index in [2.05, 4.69) is 50.1 Å². The van der Waals surface area contributed by atoms with Gasteiger partial charge in [-0.3, -0.25) is 9.78 Å². The van der Waals surface area contributed by atoms with Crippen LogP contribution in [0.15, 0.2) is 16.0 Å². The van der Waals surface area contributed by atoms with Crippen LogP contribution in [0.25, 0.3) is 0 Å². The zero-order valence-corrected chi connectivity index (χ0v) is 12.2. The molecule has 0 atom stereocenters. The zero-order valence-electron chi connectivity index (χ0n) is 9.77. The van der Waals surface area contributed by atoms with Crippen LogP contribution >= 0.6 is 27.7 Å². The highest BCUT2D eigenvalue weighted by molar-refractivity contribution is 9.10. The van der Waals surface area contributed by atoms with Crippen molar-refractivity contribution in [3.63, 3.8) is 0 Å². The summed E-state index contributed by atoms with van der Waals surface area (Å²) in [7, 11) is 0. The highest BCUT2D eigenvalue weighted by Gasteiger charge is 2.14. The van der Waals surface area contributed by atoms with Crippen molar-refractivity contribution >= 4 is 27.7 Å². The Balaban J connectivity index is 2.16. The van der Waals surface area contributed by atoms with Crippen molar-refractivity contribution < 1.29 is 0 Å². The van der Waals surface area contributed by atoms with Crippen LogP contribution in [0.1, 0.15) is 25.2 Å². The molecular weight excluding hydrogens is 302 g/mol. The third-order valence-electron chi connectivity index (χ3n) is 2.43. The van der Waals surface area contributed by atoms with E-state index in [9.17, 15) is 0 Å². The zero-order chi connectivity index (χ0) is 12.3. The molecule has 0 aliphatic carbocycles. The Morgan fingerprint density at radius 3 is 2.88 bits per heavy atom. The van der Waals surface area contributed by atoms with Gasteiger partial charge in [0.2, 0.25) is 0 Å². The normalized spacial score (nSPS) is 11.0. The second kappa shape index (κ2) is 5.68. The van der Waals surface area contributed by atoms with Crippen LogP contribution in [0.5, 0.6) is 0 Å². The maximum atomic E-state index is 4.56. The Kier molecular flexibility index (Phi) is 4.22. The van der Waals surface area contributed by atoms with E-state index in [4.69, 9.17) is 0 Å². The average Bonchev–Trinajstić information content (AvgIpc) is 2.94. The molecule has 1 N–H and O–H groups in total. The fourth-order valence-electron chi connectivity index (χ4n) is 1.56. The lowest BCUT2D eigenvalue weighted by Gasteiger charge is -2.03. The van der Waals surface area contributed by atoms with Crippen LogP contribution < -0.4 is 0 Å². The lowest BCUT2D eigenvalue weighted by Crippen LogP contribution is -2.02. The van der Waals surface area contributed by atoms with Gasteiger partial charge in [0.15, 0.2) is 5.16 Å². The molecule has 2 aromatic rings. The number of aromatic amines is 1. The lowest BCUT2D eigenvalue weighted by molar-refractivity contribution is 0.627. The summed E-state index contributed by atoms with van der Waals surface area (Å²) in [5.41, 5.74) is 2.31. The van der Waals surface area contributed by atoms with E-state index in [1.165, 1.54) is 12.0 Å². The molecule has 7 heteroatoms. The van der Waals surface area contributed by atoms with Gasteiger partial charge >= 0.3 is 0 Å². The first kappa shape index (κ1) is 12.6. The quantitative estimate of drug-likeness (QED) is 0.862. The molecule has 0 bridgehead atoms. The minimum atomic E-state index is 0.830. The Labute approximate surface area is 113 Å². The predicted molar refractivity (Wildman–Crippen MR) is 70.9 cm³/mol. The van der Waals surface area contributed by atoms with Crippen LogP contribution in [-0.4, -0.2) is 25.0 Å². The van der Waals surface area contributed by atoms with Crippen molar-refractivity contribution in [1.29, 1.82) is 0 Å². The maximum absolute atomic E-state index is 4.56. The number of thioether (sulfide) groups is 1. The van der Waals surface area contributed by atoms with Crippen LogP contribution in [0.2, 0.25) is 0 Å². The summed E-state index contributed by atoms with van der Waals surface area (Å²) < 4.78 is 3.15. The topological polar surface area (TPSA) is 59.4 Å². The van der Waals surface area contributed by atoms with Crippen LogP contribution in [0.3, 0.4) is 0 Å². The van der Waals surface area contributed by atoms with E-state index in [1.54, 1.807) is 11.8 Å². The number of nitrogens with zero attached hydrogens (tertiary/aromatic N) is 4. The molecule has 0 aromatic carbocycles. The van der Waals surface area contributed by atoms with Crippen molar-refractivity contribution in [2.75, 3.05) is 0 Å². The van der Waals surface area contributed by atoms with E-state index < -0.39 is 0 Å². The summed E-state index contributed by atoms with van der Waals surface area (Å²) >= 11 is 5.25. The third kappa shape index (κ3) is 2.71. The van der Waals surface area contributed by atoms with E-state index in [-0.39, 0.29) is 0 Å². The molecule has 5 nitrogen and oxygen atoms in total. The summed E-state index contributed by atoms with van der Waals surface area (Å²) in [6.45, 7) is 5.09. The summed E-state index contributed by atoms with van der Waals surface area (Å²) in [6, 6.07) is 0. The summed E-state index contributed by atoms with van der Waals surface area (Å²) in [5.74, 6) is 0.830. The molecule has 0 saturated heterocycles. The first-order valence-electron chi connectivity index (χ1n) is 5.48. The van der Waals surface area contributed by atoms with Gasteiger partial charge in [0.25, 0.3) is 0 Å². The molecule has 2 aromatic heterocycles. The number of nitrogens with one attached hydrogen (secondary N) is 1. The number of hydrogen-bond acceptors (Lipinski definition) is 4. The number of aromatic nitrogens is 5. The van der Waals surface area contributed by atoms with Gasteiger partial charge < -0.3 is 0 Å². The average molecular weight is 316 g/mol. The molecule has 2 heterocycles. The van der Waals surface area contributed by atoms with E-state index in [0.717, 1.165) is 34.0 Å². The molecule has 17 heavy (non-hydrogen) atoms. The molecule has 0 fully saturated rings. The van der Waals surface area contributed by atoms with E-state index in [0.29, 0.717) is 0 Å². The van der Waals surface area contributed by atoms with Gasteiger partial charge in [-0.1, -0.05) is 18.7 Å². The molecular formula is C10H14BrN5S. The first-order chi connectivity index (χ1) is 8.26. The summed E-state index contributed by atoms with van der Waals surface area (Å²) in [5, 5.41) is 12.1. The highest BCUT2D eigenvalue weighted by Crippen LogP contribution is 2.27. The second-order valence-corrected chi connectivity index (χ2v) is 5.21. The lowest BCUT2D eigenvalue weighted by atomic mass is 10.3. The maximum Gasteiger partial charge on any atom is 0.183 e. The fourth-order valence-corrected chi connectivity index (χ4v) is 3.25. The number of halogens is 1.